The average molecular weight is 657 g/mol. The smallest absolute Gasteiger partial charge is 0.135 e. The zero-order valence-electron chi connectivity index (χ0n) is 29.3. The highest BCUT2D eigenvalue weighted by atomic mass is 16.3. The van der Waals surface area contributed by atoms with Crippen molar-refractivity contribution in [3.05, 3.63) is 209 Å². The van der Waals surface area contributed by atoms with E-state index in [1.165, 1.54) is 61.2 Å². The van der Waals surface area contributed by atoms with Crippen LogP contribution in [0.5, 0.6) is 0 Å². The summed E-state index contributed by atoms with van der Waals surface area (Å²) >= 11 is 0. The number of furan rings is 1. The summed E-state index contributed by atoms with van der Waals surface area (Å²) < 4.78 is 6.86. The first-order chi connectivity index (χ1) is 24.9. The Morgan fingerprint density at radius 2 is 1.33 bits per heavy atom. The van der Waals surface area contributed by atoms with Crippen molar-refractivity contribution >= 4 is 16.5 Å². The van der Waals surface area contributed by atoms with Crippen molar-refractivity contribution in [2.75, 3.05) is 0 Å². The Hall–Kier alpha value is -5.66. The van der Waals surface area contributed by atoms with E-state index < -0.39 is 0 Å². The standard InChI is InChI=1S/C50H40O/c1-49(2)42-24-13-22-40(48(42)43-23-11-12-30-50(43,49)3)45-31-41-39(21-14-25-44(41)51-45)47-37-19-9-7-17-35(37)46(36-18-8-10-20-38(36)47)34-28-26-33(27-29-34)32-15-5-4-6-16-32/h4-31,35,43,46H,1-3H3. The molecule has 5 aromatic carbocycles. The van der Waals surface area contributed by atoms with Crippen LogP contribution >= 0.6 is 0 Å². The van der Waals surface area contributed by atoms with E-state index in [9.17, 15) is 0 Å². The molecule has 0 fully saturated rings. The molecule has 0 N–H and O–H groups in total. The molecule has 0 radical (unpaired) electrons. The molecule has 1 heteroatoms. The molecule has 0 bridgehead atoms. The topological polar surface area (TPSA) is 13.1 Å². The molecular weight excluding hydrogens is 617 g/mol. The van der Waals surface area contributed by atoms with Crippen molar-refractivity contribution in [2.45, 2.75) is 38.0 Å². The van der Waals surface area contributed by atoms with E-state index in [1.807, 2.05) is 0 Å². The van der Waals surface area contributed by atoms with Gasteiger partial charge in [0.1, 0.15) is 11.3 Å². The Balaban J connectivity index is 1.12. The Morgan fingerprint density at radius 1 is 0.608 bits per heavy atom. The molecule has 4 atom stereocenters. The van der Waals surface area contributed by atoms with Crippen molar-refractivity contribution in [3.8, 4) is 22.5 Å². The van der Waals surface area contributed by atoms with E-state index in [0.717, 1.165) is 16.7 Å². The van der Waals surface area contributed by atoms with Crippen LogP contribution in [0.1, 0.15) is 66.0 Å². The molecular formula is C50H40O. The summed E-state index contributed by atoms with van der Waals surface area (Å²) in [5, 5.41) is 1.16. The van der Waals surface area contributed by atoms with E-state index >= 15 is 0 Å². The maximum Gasteiger partial charge on any atom is 0.135 e. The van der Waals surface area contributed by atoms with Gasteiger partial charge in [0.15, 0.2) is 0 Å². The number of benzene rings is 5. The van der Waals surface area contributed by atoms with Gasteiger partial charge >= 0.3 is 0 Å². The minimum absolute atomic E-state index is 0.00389. The van der Waals surface area contributed by atoms with Crippen molar-refractivity contribution in [1.82, 2.24) is 0 Å². The fraction of sp³-hybridized carbons (Fsp3) is 0.160. The van der Waals surface area contributed by atoms with Crippen molar-refractivity contribution in [2.24, 2.45) is 11.3 Å². The Kier molecular flexibility index (Phi) is 6.61. The fourth-order valence-corrected chi connectivity index (χ4v) is 9.73. The van der Waals surface area contributed by atoms with Crippen LogP contribution in [-0.4, -0.2) is 0 Å². The zero-order chi connectivity index (χ0) is 34.3. The number of rotatable bonds is 4. The lowest BCUT2D eigenvalue weighted by molar-refractivity contribution is 0.245. The molecule has 246 valence electrons. The minimum Gasteiger partial charge on any atom is -0.456 e. The molecule has 0 amide bonds. The number of allylic oxidation sites excluding steroid dienone is 9. The summed E-state index contributed by atoms with van der Waals surface area (Å²) in [5.74, 6) is 1.67. The maximum absolute atomic E-state index is 6.86. The van der Waals surface area contributed by atoms with Gasteiger partial charge in [-0.05, 0) is 73.2 Å². The Morgan fingerprint density at radius 3 is 2.20 bits per heavy atom. The zero-order valence-corrected chi connectivity index (χ0v) is 29.3. The van der Waals surface area contributed by atoms with E-state index in [1.54, 1.807) is 0 Å². The van der Waals surface area contributed by atoms with Gasteiger partial charge in [0.2, 0.25) is 0 Å². The van der Waals surface area contributed by atoms with Gasteiger partial charge in [0, 0.05) is 34.1 Å². The van der Waals surface area contributed by atoms with Gasteiger partial charge in [-0.25, -0.2) is 0 Å². The first kappa shape index (κ1) is 30.2. The highest BCUT2D eigenvalue weighted by Gasteiger charge is 2.54. The number of hydrogen-bond acceptors (Lipinski definition) is 1. The Bertz CT molecular complexity index is 2510. The molecule has 10 rings (SSSR count). The van der Waals surface area contributed by atoms with Crippen molar-refractivity contribution in [3.63, 3.8) is 0 Å². The summed E-state index contributed by atoms with van der Waals surface area (Å²) in [6.07, 6.45) is 18.4. The fourth-order valence-electron chi connectivity index (χ4n) is 9.73. The lowest BCUT2D eigenvalue weighted by Crippen LogP contribution is -2.36. The van der Waals surface area contributed by atoms with E-state index in [-0.39, 0.29) is 22.7 Å². The molecule has 0 aliphatic heterocycles. The molecule has 6 aromatic rings. The van der Waals surface area contributed by atoms with Crippen molar-refractivity contribution in [1.29, 1.82) is 0 Å². The molecule has 4 unspecified atom stereocenters. The highest BCUT2D eigenvalue weighted by Crippen LogP contribution is 2.63. The molecule has 1 nitrogen and oxygen atoms in total. The molecule has 4 aliphatic rings. The van der Waals surface area contributed by atoms with Gasteiger partial charge < -0.3 is 4.42 Å². The first-order valence-electron chi connectivity index (χ1n) is 18.3. The predicted octanol–water partition coefficient (Wildman–Crippen LogP) is 13.0. The molecule has 4 aliphatic carbocycles. The minimum atomic E-state index is -0.00595. The van der Waals surface area contributed by atoms with Gasteiger partial charge in [-0.2, -0.15) is 0 Å². The monoisotopic (exact) mass is 656 g/mol. The molecule has 1 heterocycles. The number of hydrogen-bond donors (Lipinski definition) is 0. The predicted molar refractivity (Wildman–Crippen MR) is 212 cm³/mol. The maximum atomic E-state index is 6.86. The summed E-state index contributed by atoms with van der Waals surface area (Å²) in [7, 11) is 0. The largest absolute Gasteiger partial charge is 0.456 e. The molecule has 1 aromatic heterocycles. The summed E-state index contributed by atoms with van der Waals surface area (Å²) in [6.45, 7) is 7.22. The third-order valence-corrected chi connectivity index (χ3v) is 12.7. The molecule has 51 heavy (non-hydrogen) atoms. The van der Waals surface area contributed by atoms with Crippen LogP contribution < -0.4 is 0 Å². The SMILES string of the molecule is CC1(C)c2cccc(-c3cc4c(C5=C6C=CC=CC6C(c6ccc(-c7ccccc7)cc6)c6ccccc65)cccc4o3)c2C2C=CC=CC21C. The second kappa shape index (κ2) is 11.2. The van der Waals surface area contributed by atoms with Crippen LogP contribution in [0, 0.1) is 11.3 Å². The molecule has 0 spiro atoms. The van der Waals surface area contributed by atoms with Gasteiger partial charge in [-0.1, -0.05) is 179 Å². The lowest BCUT2D eigenvalue weighted by Gasteiger charge is -2.41. The average Bonchev–Trinajstić information content (AvgIpc) is 3.69. The second-order valence-electron chi connectivity index (χ2n) is 15.4. The van der Waals surface area contributed by atoms with Crippen LogP contribution in [0.2, 0.25) is 0 Å². The number of fused-ring (bicyclic) bond motifs is 6. The first-order valence-corrected chi connectivity index (χ1v) is 18.3. The van der Waals surface area contributed by atoms with Crippen LogP contribution in [0.15, 0.2) is 180 Å². The normalized spacial score (nSPS) is 23.6. The Labute approximate surface area is 300 Å². The van der Waals surface area contributed by atoms with Crippen LogP contribution in [0.4, 0.5) is 0 Å². The van der Waals surface area contributed by atoms with Crippen LogP contribution in [0.3, 0.4) is 0 Å². The van der Waals surface area contributed by atoms with E-state index in [4.69, 9.17) is 4.42 Å². The van der Waals surface area contributed by atoms with E-state index in [2.05, 4.69) is 191 Å². The van der Waals surface area contributed by atoms with Gasteiger partial charge in [-0.15, -0.1) is 0 Å². The molecule has 0 saturated carbocycles. The van der Waals surface area contributed by atoms with Crippen molar-refractivity contribution < 1.29 is 4.42 Å². The van der Waals surface area contributed by atoms with Gasteiger partial charge in [0.25, 0.3) is 0 Å². The summed E-state index contributed by atoms with van der Waals surface area (Å²) in [5.41, 5.74) is 15.3. The summed E-state index contributed by atoms with van der Waals surface area (Å²) in [6, 6.07) is 44.7. The quantitative estimate of drug-likeness (QED) is 0.184. The third kappa shape index (κ3) is 4.34. The highest BCUT2D eigenvalue weighted by molar-refractivity contribution is 6.01. The van der Waals surface area contributed by atoms with Crippen LogP contribution in [-0.2, 0) is 5.41 Å². The lowest BCUT2D eigenvalue weighted by atomic mass is 9.62. The van der Waals surface area contributed by atoms with Gasteiger partial charge in [-0.3, -0.25) is 0 Å². The van der Waals surface area contributed by atoms with E-state index in [0.29, 0.717) is 5.92 Å². The summed E-state index contributed by atoms with van der Waals surface area (Å²) in [4.78, 5) is 0. The molecule has 0 saturated heterocycles. The van der Waals surface area contributed by atoms with Crippen LogP contribution in [0.25, 0.3) is 39.0 Å². The second-order valence-corrected chi connectivity index (χ2v) is 15.4. The van der Waals surface area contributed by atoms with Gasteiger partial charge in [0.05, 0.1) is 0 Å². The third-order valence-electron chi connectivity index (χ3n) is 12.7.